The number of hydrogen-bond donors (Lipinski definition) is 0. The number of anilines is 1. The Kier molecular flexibility index (Phi) is 4.76. The van der Waals surface area contributed by atoms with Gasteiger partial charge in [0, 0.05) is 54.6 Å². The number of allylic oxidation sites excluding steroid dienone is 1. The first kappa shape index (κ1) is 18.6. The summed E-state index contributed by atoms with van der Waals surface area (Å²) in [6.07, 6.45) is 6.56. The molecular weight excluding hydrogens is 380 g/mol. The van der Waals surface area contributed by atoms with Crippen molar-refractivity contribution in [2.45, 2.75) is 26.2 Å². The molecule has 3 aromatic rings. The molecule has 1 fully saturated rings. The third kappa shape index (κ3) is 3.51. The van der Waals surface area contributed by atoms with E-state index in [1.54, 1.807) is 11.3 Å². The van der Waals surface area contributed by atoms with E-state index in [0.717, 1.165) is 60.1 Å². The van der Waals surface area contributed by atoms with Crippen LogP contribution in [-0.4, -0.2) is 53.3 Å². The van der Waals surface area contributed by atoms with Gasteiger partial charge >= 0.3 is 0 Å². The van der Waals surface area contributed by atoms with Crippen LogP contribution in [0.4, 0.5) is 5.69 Å². The number of rotatable bonds is 2. The van der Waals surface area contributed by atoms with Gasteiger partial charge in [0.15, 0.2) is 10.7 Å². The molecule has 3 heterocycles. The van der Waals surface area contributed by atoms with Crippen LogP contribution in [0.2, 0.25) is 0 Å². The number of aryl methyl sites for hydroxylation is 2. The molecule has 1 aliphatic heterocycles. The SMILES string of the molecule is Cc1csc2nc(C3=Cc4ccc(N5CCCN(C)CC5)cc4CCC3=O)cn12. The average Bonchev–Trinajstić information content (AvgIpc) is 3.14. The summed E-state index contributed by atoms with van der Waals surface area (Å²) in [4.78, 5) is 23.4. The molecule has 0 radical (unpaired) electrons. The number of hydrogen-bond acceptors (Lipinski definition) is 5. The predicted octanol–water partition coefficient (Wildman–Crippen LogP) is 3.90. The first-order valence-corrected chi connectivity index (χ1v) is 11.2. The maximum absolute atomic E-state index is 12.9. The van der Waals surface area contributed by atoms with Crippen LogP contribution >= 0.6 is 11.3 Å². The zero-order valence-corrected chi connectivity index (χ0v) is 17.8. The smallest absolute Gasteiger partial charge is 0.194 e. The van der Waals surface area contributed by atoms with E-state index in [4.69, 9.17) is 4.98 Å². The van der Waals surface area contributed by atoms with Crippen molar-refractivity contribution in [1.29, 1.82) is 0 Å². The molecule has 29 heavy (non-hydrogen) atoms. The first-order chi connectivity index (χ1) is 14.1. The summed E-state index contributed by atoms with van der Waals surface area (Å²) >= 11 is 1.61. The number of carbonyl (C=O) groups is 1. The third-order valence-electron chi connectivity index (χ3n) is 6.10. The molecule has 1 aromatic carbocycles. The lowest BCUT2D eigenvalue weighted by Gasteiger charge is -2.24. The molecule has 150 valence electrons. The number of aromatic nitrogens is 2. The Morgan fingerprint density at radius 3 is 2.86 bits per heavy atom. The molecule has 0 unspecified atom stereocenters. The summed E-state index contributed by atoms with van der Waals surface area (Å²) < 4.78 is 2.07. The fourth-order valence-electron chi connectivity index (χ4n) is 4.31. The summed E-state index contributed by atoms with van der Waals surface area (Å²) in [6, 6.07) is 6.69. The molecule has 0 atom stereocenters. The molecule has 0 bridgehead atoms. The van der Waals surface area contributed by atoms with Crippen molar-refractivity contribution >= 4 is 39.4 Å². The fourth-order valence-corrected chi connectivity index (χ4v) is 5.16. The van der Waals surface area contributed by atoms with Crippen molar-refractivity contribution in [1.82, 2.24) is 14.3 Å². The number of fused-ring (bicyclic) bond motifs is 2. The molecule has 1 saturated heterocycles. The molecule has 2 aliphatic rings. The van der Waals surface area contributed by atoms with Gasteiger partial charge in [0.2, 0.25) is 0 Å². The van der Waals surface area contributed by atoms with E-state index in [1.165, 1.54) is 17.7 Å². The zero-order chi connectivity index (χ0) is 20.0. The maximum Gasteiger partial charge on any atom is 0.194 e. The van der Waals surface area contributed by atoms with Crippen LogP contribution in [0.3, 0.4) is 0 Å². The van der Waals surface area contributed by atoms with Gasteiger partial charge in [-0.2, -0.15) is 0 Å². The molecule has 2 aromatic heterocycles. The second-order valence-corrected chi connectivity index (χ2v) is 9.00. The molecule has 5 rings (SSSR count). The van der Waals surface area contributed by atoms with Crippen molar-refractivity contribution in [3.63, 3.8) is 0 Å². The van der Waals surface area contributed by atoms with Gasteiger partial charge in [-0.1, -0.05) is 6.07 Å². The second kappa shape index (κ2) is 7.43. The van der Waals surface area contributed by atoms with Gasteiger partial charge in [-0.15, -0.1) is 11.3 Å². The van der Waals surface area contributed by atoms with Crippen LogP contribution in [0.25, 0.3) is 16.6 Å². The van der Waals surface area contributed by atoms with E-state index in [0.29, 0.717) is 6.42 Å². The Balaban J connectivity index is 1.49. The van der Waals surface area contributed by atoms with E-state index < -0.39 is 0 Å². The van der Waals surface area contributed by atoms with Crippen molar-refractivity contribution in [2.24, 2.45) is 0 Å². The largest absolute Gasteiger partial charge is 0.370 e. The van der Waals surface area contributed by atoms with Crippen LogP contribution in [-0.2, 0) is 11.2 Å². The van der Waals surface area contributed by atoms with Crippen LogP contribution < -0.4 is 4.90 Å². The highest BCUT2D eigenvalue weighted by Crippen LogP contribution is 2.31. The first-order valence-electron chi connectivity index (χ1n) is 10.3. The summed E-state index contributed by atoms with van der Waals surface area (Å²) in [5.41, 5.74) is 6.37. The topological polar surface area (TPSA) is 40.9 Å². The lowest BCUT2D eigenvalue weighted by Crippen LogP contribution is -2.28. The summed E-state index contributed by atoms with van der Waals surface area (Å²) in [5, 5.41) is 2.09. The Bertz CT molecular complexity index is 1110. The van der Waals surface area contributed by atoms with E-state index in [-0.39, 0.29) is 5.78 Å². The summed E-state index contributed by atoms with van der Waals surface area (Å²) in [6.45, 7) is 6.46. The second-order valence-electron chi connectivity index (χ2n) is 8.16. The van der Waals surface area contributed by atoms with Gasteiger partial charge < -0.3 is 9.80 Å². The van der Waals surface area contributed by atoms with Gasteiger partial charge in [-0.05, 0) is 62.7 Å². The minimum absolute atomic E-state index is 0.183. The molecule has 0 N–H and O–H groups in total. The van der Waals surface area contributed by atoms with E-state index in [1.807, 2.05) is 12.3 Å². The van der Waals surface area contributed by atoms with Crippen LogP contribution in [0.5, 0.6) is 0 Å². The molecule has 6 heteroatoms. The van der Waals surface area contributed by atoms with E-state index in [2.05, 4.69) is 51.8 Å². The highest BCUT2D eigenvalue weighted by molar-refractivity contribution is 7.15. The lowest BCUT2D eigenvalue weighted by atomic mass is 10.0. The zero-order valence-electron chi connectivity index (χ0n) is 17.0. The van der Waals surface area contributed by atoms with Crippen molar-refractivity contribution in [3.8, 4) is 0 Å². The number of likely N-dealkylation sites (N-methyl/N-ethyl adjacent to an activating group) is 1. The average molecular weight is 407 g/mol. The number of Topliss-reactive ketones (excluding diaryl/α,β-unsaturated/α-hetero) is 1. The van der Waals surface area contributed by atoms with Gasteiger partial charge in [0.25, 0.3) is 0 Å². The predicted molar refractivity (Wildman–Crippen MR) is 120 cm³/mol. The highest BCUT2D eigenvalue weighted by atomic mass is 32.1. The van der Waals surface area contributed by atoms with Crippen LogP contribution in [0.1, 0.15) is 35.4 Å². The Hall–Kier alpha value is -2.44. The normalized spacial score (nSPS) is 18.5. The van der Waals surface area contributed by atoms with Crippen molar-refractivity contribution in [3.05, 3.63) is 52.3 Å². The molecule has 0 saturated carbocycles. The Morgan fingerprint density at radius 1 is 1.10 bits per heavy atom. The van der Waals surface area contributed by atoms with Crippen molar-refractivity contribution in [2.75, 3.05) is 38.1 Å². The summed E-state index contributed by atoms with van der Waals surface area (Å²) in [7, 11) is 2.19. The van der Waals surface area contributed by atoms with Gasteiger partial charge in [0.05, 0.1) is 5.69 Å². The van der Waals surface area contributed by atoms with E-state index >= 15 is 0 Å². The van der Waals surface area contributed by atoms with Gasteiger partial charge in [-0.3, -0.25) is 9.20 Å². The standard InChI is InChI=1S/C23H26N4OS/c1-16-15-29-23-24-21(14-27(16)23)20-13-18-4-6-19(12-17(18)5-7-22(20)28)26-9-3-8-25(2)10-11-26/h4,6,12-15H,3,5,7-11H2,1-2H3. The quantitative estimate of drug-likeness (QED) is 0.647. The molecular formula is C23H26N4OS. The number of nitrogens with zero attached hydrogens (tertiary/aromatic N) is 4. The van der Waals surface area contributed by atoms with Crippen molar-refractivity contribution < 1.29 is 4.79 Å². The third-order valence-corrected chi connectivity index (χ3v) is 7.06. The van der Waals surface area contributed by atoms with Gasteiger partial charge in [-0.25, -0.2) is 4.98 Å². The van der Waals surface area contributed by atoms with Crippen LogP contribution in [0, 0.1) is 6.92 Å². The maximum atomic E-state index is 12.9. The molecule has 0 amide bonds. The lowest BCUT2D eigenvalue weighted by molar-refractivity contribution is -0.113. The highest BCUT2D eigenvalue weighted by Gasteiger charge is 2.22. The van der Waals surface area contributed by atoms with Gasteiger partial charge in [0.1, 0.15) is 0 Å². The molecule has 1 aliphatic carbocycles. The Labute approximate surface area is 175 Å². The minimum atomic E-state index is 0.183. The number of imidazole rings is 1. The fraction of sp³-hybridized carbons (Fsp3) is 0.391. The number of carbonyl (C=O) groups excluding carboxylic acids is 1. The summed E-state index contributed by atoms with van der Waals surface area (Å²) in [5.74, 6) is 0.183. The van der Waals surface area contributed by atoms with Crippen LogP contribution in [0.15, 0.2) is 29.8 Å². The number of thiazole rings is 1. The monoisotopic (exact) mass is 406 g/mol. The Morgan fingerprint density at radius 2 is 2.00 bits per heavy atom. The van der Waals surface area contributed by atoms with E-state index in [9.17, 15) is 4.79 Å². The minimum Gasteiger partial charge on any atom is -0.370 e. The number of benzene rings is 1. The molecule has 0 spiro atoms. The number of ketones is 1. The molecule has 5 nitrogen and oxygen atoms in total.